The minimum absolute atomic E-state index is 0.187. The summed E-state index contributed by atoms with van der Waals surface area (Å²) < 4.78 is 12.4. The number of aromatic nitrogens is 3. The number of ether oxygens (including phenoxy) is 2. The van der Waals surface area contributed by atoms with Crippen LogP contribution in [0.5, 0.6) is 0 Å². The number of fused-ring (bicyclic) bond motifs is 2. The highest BCUT2D eigenvalue weighted by atomic mass is 16.5. The van der Waals surface area contributed by atoms with E-state index in [4.69, 9.17) is 25.2 Å². The molecule has 2 aromatic carbocycles. The summed E-state index contributed by atoms with van der Waals surface area (Å²) in [6.07, 6.45) is 3.53. The molecule has 4 rings (SSSR count). The monoisotopic (exact) mass is 460 g/mol. The van der Waals surface area contributed by atoms with E-state index in [1.165, 1.54) is 0 Å². The molecule has 176 valence electrons. The van der Waals surface area contributed by atoms with Crippen LogP contribution >= 0.6 is 0 Å². The SMILES string of the molecule is CCCCCOC(=O)c1c(N)n(-c2ccc(C(=O)OCCC)cc2)c2nc3ccccc3nc12. The van der Waals surface area contributed by atoms with Crippen LogP contribution in [-0.4, -0.2) is 39.7 Å². The van der Waals surface area contributed by atoms with Gasteiger partial charge in [0.2, 0.25) is 0 Å². The topological polar surface area (TPSA) is 109 Å². The average molecular weight is 461 g/mol. The molecule has 0 saturated carbocycles. The molecule has 2 N–H and O–H groups in total. The molecular weight excluding hydrogens is 432 g/mol. The molecule has 8 heteroatoms. The Morgan fingerprint density at radius 1 is 0.853 bits per heavy atom. The Hall–Kier alpha value is -3.94. The standard InChI is InChI=1S/C26H28N4O4/c1-3-5-8-16-34-26(32)21-22-24(29-20-10-7-6-9-19(20)28-22)30(23(21)27)18-13-11-17(12-14-18)25(31)33-15-4-2/h6-7,9-14H,3-5,8,15-16,27H2,1-2H3. The van der Waals surface area contributed by atoms with E-state index < -0.39 is 5.97 Å². The van der Waals surface area contributed by atoms with E-state index in [-0.39, 0.29) is 17.4 Å². The van der Waals surface area contributed by atoms with Gasteiger partial charge in [0.05, 0.1) is 29.8 Å². The number of anilines is 1. The maximum atomic E-state index is 13.0. The van der Waals surface area contributed by atoms with Crippen molar-refractivity contribution < 1.29 is 19.1 Å². The van der Waals surface area contributed by atoms with Gasteiger partial charge in [-0.2, -0.15) is 0 Å². The summed E-state index contributed by atoms with van der Waals surface area (Å²) in [7, 11) is 0. The number of para-hydroxylation sites is 2. The van der Waals surface area contributed by atoms with Gasteiger partial charge in [0, 0.05) is 5.69 Å². The minimum atomic E-state index is -0.526. The van der Waals surface area contributed by atoms with Gasteiger partial charge in [-0.25, -0.2) is 19.6 Å². The molecule has 2 aromatic heterocycles. The lowest BCUT2D eigenvalue weighted by molar-refractivity contribution is 0.0494. The van der Waals surface area contributed by atoms with E-state index in [0.717, 1.165) is 25.7 Å². The van der Waals surface area contributed by atoms with Crippen molar-refractivity contribution in [2.75, 3.05) is 18.9 Å². The number of nitrogen functional groups attached to an aromatic ring is 1. The fourth-order valence-electron chi connectivity index (χ4n) is 3.74. The van der Waals surface area contributed by atoms with Crippen LogP contribution < -0.4 is 5.73 Å². The number of nitrogens with two attached hydrogens (primary N) is 1. The first kappa shape index (κ1) is 23.2. The highest BCUT2D eigenvalue weighted by molar-refractivity contribution is 6.09. The molecule has 2 heterocycles. The van der Waals surface area contributed by atoms with E-state index in [9.17, 15) is 9.59 Å². The predicted molar refractivity (Wildman–Crippen MR) is 131 cm³/mol. The molecule has 0 atom stereocenters. The normalized spacial score (nSPS) is 11.1. The molecule has 0 spiro atoms. The first-order chi connectivity index (χ1) is 16.5. The summed E-state index contributed by atoms with van der Waals surface area (Å²) in [5.74, 6) is -0.727. The van der Waals surface area contributed by atoms with Crippen molar-refractivity contribution in [3.8, 4) is 5.69 Å². The quantitative estimate of drug-likeness (QED) is 0.274. The van der Waals surface area contributed by atoms with Crippen molar-refractivity contribution in [2.24, 2.45) is 0 Å². The van der Waals surface area contributed by atoms with Crippen LogP contribution in [0.1, 0.15) is 60.2 Å². The van der Waals surface area contributed by atoms with Crippen molar-refractivity contribution >= 4 is 40.0 Å². The van der Waals surface area contributed by atoms with Crippen LogP contribution in [0.15, 0.2) is 48.5 Å². The number of hydrogen-bond donors (Lipinski definition) is 1. The van der Waals surface area contributed by atoms with E-state index >= 15 is 0 Å². The maximum absolute atomic E-state index is 13.0. The molecule has 0 saturated heterocycles. The molecule has 8 nitrogen and oxygen atoms in total. The number of hydrogen-bond acceptors (Lipinski definition) is 7. The molecule has 0 aliphatic heterocycles. The summed E-state index contributed by atoms with van der Waals surface area (Å²) in [6.45, 7) is 4.70. The number of benzene rings is 2. The van der Waals surface area contributed by atoms with E-state index in [0.29, 0.717) is 46.7 Å². The fraction of sp³-hybridized carbons (Fsp3) is 0.308. The van der Waals surface area contributed by atoms with Gasteiger partial charge >= 0.3 is 11.9 Å². The van der Waals surface area contributed by atoms with Gasteiger partial charge in [-0.15, -0.1) is 0 Å². The van der Waals surface area contributed by atoms with Crippen LogP contribution in [0.25, 0.3) is 27.9 Å². The third-order valence-electron chi connectivity index (χ3n) is 5.48. The molecule has 0 radical (unpaired) electrons. The lowest BCUT2D eigenvalue weighted by Crippen LogP contribution is -2.10. The van der Waals surface area contributed by atoms with Gasteiger partial charge in [0.25, 0.3) is 0 Å². The predicted octanol–water partition coefficient (Wildman–Crippen LogP) is 5.07. The zero-order chi connectivity index (χ0) is 24.1. The molecule has 0 aliphatic carbocycles. The van der Waals surface area contributed by atoms with Gasteiger partial charge in [0.15, 0.2) is 5.65 Å². The first-order valence-corrected chi connectivity index (χ1v) is 11.6. The zero-order valence-corrected chi connectivity index (χ0v) is 19.4. The number of unbranched alkanes of at least 4 members (excludes halogenated alkanes) is 2. The van der Waals surface area contributed by atoms with Gasteiger partial charge in [-0.1, -0.05) is 38.8 Å². The molecule has 0 fully saturated rings. The van der Waals surface area contributed by atoms with Gasteiger partial charge in [0.1, 0.15) is 16.9 Å². The summed E-state index contributed by atoms with van der Waals surface area (Å²) in [4.78, 5) is 34.6. The van der Waals surface area contributed by atoms with Crippen LogP contribution in [-0.2, 0) is 9.47 Å². The van der Waals surface area contributed by atoms with Crippen molar-refractivity contribution in [2.45, 2.75) is 39.5 Å². The average Bonchev–Trinajstić information content (AvgIpc) is 3.14. The van der Waals surface area contributed by atoms with Crippen LogP contribution in [0.2, 0.25) is 0 Å². The highest BCUT2D eigenvalue weighted by Crippen LogP contribution is 2.31. The lowest BCUT2D eigenvalue weighted by Gasteiger charge is -2.09. The Morgan fingerprint density at radius 2 is 1.53 bits per heavy atom. The second kappa shape index (κ2) is 10.3. The number of carbonyl (C=O) groups is 2. The molecule has 0 unspecified atom stereocenters. The smallest absolute Gasteiger partial charge is 0.344 e. The third-order valence-corrected chi connectivity index (χ3v) is 5.48. The van der Waals surface area contributed by atoms with Crippen molar-refractivity contribution in [3.05, 3.63) is 59.7 Å². The molecule has 0 aliphatic rings. The largest absolute Gasteiger partial charge is 0.462 e. The Labute approximate surface area is 197 Å². The number of rotatable bonds is 9. The maximum Gasteiger partial charge on any atom is 0.344 e. The first-order valence-electron chi connectivity index (χ1n) is 11.6. The van der Waals surface area contributed by atoms with E-state index in [1.807, 2.05) is 31.2 Å². The summed E-state index contributed by atoms with van der Waals surface area (Å²) in [6, 6.07) is 14.2. The van der Waals surface area contributed by atoms with E-state index in [1.54, 1.807) is 28.8 Å². The van der Waals surface area contributed by atoms with Gasteiger partial charge in [-0.3, -0.25) is 4.57 Å². The van der Waals surface area contributed by atoms with E-state index in [2.05, 4.69) is 6.92 Å². The Morgan fingerprint density at radius 3 is 2.21 bits per heavy atom. The van der Waals surface area contributed by atoms with Gasteiger partial charge < -0.3 is 15.2 Å². The summed E-state index contributed by atoms with van der Waals surface area (Å²) in [5.41, 5.74) is 9.91. The number of esters is 2. The third kappa shape index (κ3) is 4.57. The van der Waals surface area contributed by atoms with Gasteiger partial charge in [-0.05, 0) is 49.2 Å². The molecule has 0 bridgehead atoms. The van der Waals surface area contributed by atoms with Crippen LogP contribution in [0.4, 0.5) is 5.82 Å². The molecule has 0 amide bonds. The minimum Gasteiger partial charge on any atom is -0.462 e. The Kier molecular flexibility index (Phi) is 7.06. The van der Waals surface area contributed by atoms with Crippen molar-refractivity contribution in [3.63, 3.8) is 0 Å². The fourth-order valence-corrected chi connectivity index (χ4v) is 3.74. The summed E-state index contributed by atoms with van der Waals surface area (Å²) in [5, 5.41) is 0. The molecule has 4 aromatic rings. The molecule has 34 heavy (non-hydrogen) atoms. The second-order valence-electron chi connectivity index (χ2n) is 8.01. The number of nitrogens with zero attached hydrogens (tertiary/aromatic N) is 3. The number of carbonyl (C=O) groups excluding carboxylic acids is 2. The molecular formula is C26H28N4O4. The van der Waals surface area contributed by atoms with Crippen molar-refractivity contribution in [1.29, 1.82) is 0 Å². The second-order valence-corrected chi connectivity index (χ2v) is 8.01. The highest BCUT2D eigenvalue weighted by Gasteiger charge is 2.26. The van der Waals surface area contributed by atoms with Crippen LogP contribution in [0.3, 0.4) is 0 Å². The zero-order valence-electron chi connectivity index (χ0n) is 19.4. The van der Waals surface area contributed by atoms with Crippen LogP contribution in [0, 0.1) is 0 Å². The Bertz CT molecular complexity index is 1330. The summed E-state index contributed by atoms with van der Waals surface area (Å²) >= 11 is 0. The Balaban J connectivity index is 1.79. The lowest BCUT2D eigenvalue weighted by atomic mass is 10.2. The van der Waals surface area contributed by atoms with Crippen molar-refractivity contribution in [1.82, 2.24) is 14.5 Å².